The predicted octanol–water partition coefficient (Wildman–Crippen LogP) is 3.82. The van der Waals surface area contributed by atoms with E-state index in [2.05, 4.69) is 10.6 Å². The predicted molar refractivity (Wildman–Crippen MR) is 129 cm³/mol. The van der Waals surface area contributed by atoms with Crippen LogP contribution in [0.1, 0.15) is 42.0 Å². The Morgan fingerprint density at radius 3 is 2.53 bits per heavy atom. The van der Waals surface area contributed by atoms with E-state index in [0.717, 1.165) is 18.4 Å². The minimum Gasteiger partial charge on any atom is -0.508 e. The van der Waals surface area contributed by atoms with Crippen molar-refractivity contribution in [1.29, 1.82) is 0 Å². The molecule has 3 aromatic rings. The molecule has 1 atom stereocenters. The number of carbonyl (C=O) groups is 2. The van der Waals surface area contributed by atoms with Gasteiger partial charge in [0.25, 0.3) is 0 Å². The average Bonchev–Trinajstić information content (AvgIpc) is 3.14. The Morgan fingerprint density at radius 1 is 1.03 bits per heavy atom. The lowest BCUT2D eigenvalue weighted by atomic mass is 9.70. The smallest absolute Gasteiger partial charge is 0.246 e. The summed E-state index contributed by atoms with van der Waals surface area (Å²) in [6, 6.07) is 19.0. The van der Waals surface area contributed by atoms with E-state index in [1.165, 1.54) is 6.07 Å². The first-order chi connectivity index (χ1) is 16.5. The molecule has 1 unspecified atom stereocenters. The Morgan fingerprint density at radius 2 is 1.76 bits per heavy atom. The average molecular weight is 461 g/mol. The van der Waals surface area contributed by atoms with E-state index in [9.17, 15) is 19.8 Å². The van der Waals surface area contributed by atoms with Crippen molar-refractivity contribution in [3.8, 4) is 11.5 Å². The molecule has 0 bridgehead atoms. The summed E-state index contributed by atoms with van der Waals surface area (Å²) in [5.74, 6) is -0.396. The lowest BCUT2D eigenvalue weighted by molar-refractivity contribution is -0.126. The van der Waals surface area contributed by atoms with E-state index in [1.54, 1.807) is 36.4 Å². The monoisotopic (exact) mass is 460 g/mol. The highest BCUT2D eigenvalue weighted by molar-refractivity contribution is 6.11. The molecule has 0 saturated carbocycles. The van der Waals surface area contributed by atoms with Gasteiger partial charge < -0.3 is 25.6 Å². The molecule has 0 aliphatic carbocycles. The summed E-state index contributed by atoms with van der Waals surface area (Å²) >= 11 is 0. The van der Waals surface area contributed by atoms with Crippen molar-refractivity contribution in [2.24, 2.45) is 0 Å². The van der Waals surface area contributed by atoms with Crippen LogP contribution in [-0.4, -0.2) is 35.2 Å². The van der Waals surface area contributed by atoms with Crippen LogP contribution in [0.25, 0.3) is 0 Å². The third-order valence-corrected chi connectivity index (χ3v) is 6.08. The highest BCUT2D eigenvalue weighted by Gasteiger charge is 2.49. The number of amides is 2. The third-order valence-electron chi connectivity index (χ3n) is 6.08. The first-order valence-corrected chi connectivity index (χ1v) is 11.3. The number of phenols is 2. The molecule has 34 heavy (non-hydrogen) atoms. The number of aromatic hydroxyl groups is 2. The third kappa shape index (κ3) is 4.34. The van der Waals surface area contributed by atoms with E-state index in [-0.39, 0.29) is 36.5 Å². The van der Waals surface area contributed by atoms with Crippen LogP contribution < -0.4 is 10.6 Å². The maximum Gasteiger partial charge on any atom is 0.246 e. The van der Waals surface area contributed by atoms with Gasteiger partial charge in [0.05, 0.1) is 0 Å². The number of fused-ring (bicyclic) bond motifs is 1. The van der Waals surface area contributed by atoms with Crippen LogP contribution in [0.4, 0.5) is 5.69 Å². The zero-order valence-electron chi connectivity index (χ0n) is 19.0. The number of nitrogens with one attached hydrogen (secondary N) is 2. The number of anilines is 1. The fourth-order valence-corrected chi connectivity index (χ4v) is 4.33. The summed E-state index contributed by atoms with van der Waals surface area (Å²) in [6.45, 7) is 2.61. The van der Waals surface area contributed by atoms with Crippen LogP contribution in [0.5, 0.6) is 11.5 Å². The maximum absolute atomic E-state index is 13.6. The first kappa shape index (κ1) is 23.3. The van der Waals surface area contributed by atoms with Gasteiger partial charge >= 0.3 is 0 Å². The van der Waals surface area contributed by atoms with Crippen molar-refractivity contribution < 1.29 is 24.5 Å². The van der Waals surface area contributed by atoms with Gasteiger partial charge in [-0.05, 0) is 47.9 Å². The molecule has 0 aromatic heterocycles. The van der Waals surface area contributed by atoms with E-state index < -0.39 is 5.41 Å². The minimum absolute atomic E-state index is 0.0171. The number of hydrogen-bond acceptors (Lipinski definition) is 5. The van der Waals surface area contributed by atoms with E-state index in [0.29, 0.717) is 29.0 Å². The van der Waals surface area contributed by atoms with Crippen molar-refractivity contribution in [3.63, 3.8) is 0 Å². The van der Waals surface area contributed by atoms with Crippen molar-refractivity contribution in [1.82, 2.24) is 5.32 Å². The number of hydrogen-bond donors (Lipinski definition) is 4. The van der Waals surface area contributed by atoms with Crippen LogP contribution in [-0.2, 0) is 26.3 Å². The largest absolute Gasteiger partial charge is 0.508 e. The van der Waals surface area contributed by atoms with Gasteiger partial charge in [-0.2, -0.15) is 0 Å². The van der Waals surface area contributed by atoms with Crippen molar-refractivity contribution in [2.75, 3.05) is 18.5 Å². The molecule has 1 aliphatic heterocycles. The Balaban J connectivity index is 1.70. The molecule has 7 nitrogen and oxygen atoms in total. The minimum atomic E-state index is -1.18. The van der Waals surface area contributed by atoms with Gasteiger partial charge in [-0.25, -0.2) is 0 Å². The second-order valence-corrected chi connectivity index (χ2v) is 8.32. The molecule has 0 spiro atoms. The van der Waals surface area contributed by atoms with Crippen molar-refractivity contribution >= 4 is 17.5 Å². The standard InChI is InChI=1S/C27H28N2O5/c1-2-3-14-34-17-25(32)28-16-18-15-20(10-13-24(18)31)27(19-8-11-21(30)12-9-19)22-6-4-5-7-23(22)29-26(27)33/h4-13,15,30-31H,2-3,14,16-17H2,1H3,(H,28,32)(H,29,33). The summed E-state index contributed by atoms with van der Waals surface area (Å²) in [4.78, 5) is 25.7. The first-order valence-electron chi connectivity index (χ1n) is 11.3. The molecule has 4 N–H and O–H groups in total. The highest BCUT2D eigenvalue weighted by Crippen LogP contribution is 2.48. The molecule has 0 fully saturated rings. The molecular formula is C27H28N2O5. The summed E-state index contributed by atoms with van der Waals surface area (Å²) in [7, 11) is 0. The second-order valence-electron chi connectivity index (χ2n) is 8.32. The normalized spacial score (nSPS) is 16.7. The second kappa shape index (κ2) is 9.97. The summed E-state index contributed by atoms with van der Waals surface area (Å²) in [5.41, 5.74) is 2.10. The lowest BCUT2D eigenvalue weighted by Gasteiger charge is -2.29. The molecule has 0 radical (unpaired) electrons. The molecule has 4 rings (SSSR count). The number of ether oxygens (including phenoxy) is 1. The quantitative estimate of drug-likeness (QED) is 0.363. The number of rotatable bonds is 9. The number of phenolic OH excluding ortho intramolecular Hbond substituents is 2. The summed E-state index contributed by atoms with van der Waals surface area (Å²) < 4.78 is 5.35. The fourth-order valence-electron chi connectivity index (χ4n) is 4.33. The molecule has 1 heterocycles. The zero-order valence-corrected chi connectivity index (χ0v) is 19.0. The number of unbranched alkanes of at least 4 members (excludes halogenated alkanes) is 1. The molecule has 3 aromatic carbocycles. The molecule has 1 aliphatic rings. The van der Waals surface area contributed by atoms with Gasteiger partial charge in [0, 0.05) is 30.0 Å². The highest BCUT2D eigenvalue weighted by atomic mass is 16.5. The lowest BCUT2D eigenvalue weighted by Crippen LogP contribution is -2.37. The van der Waals surface area contributed by atoms with Crippen LogP contribution in [0.15, 0.2) is 66.7 Å². The summed E-state index contributed by atoms with van der Waals surface area (Å²) in [6.07, 6.45) is 1.88. The Labute approximate surface area is 198 Å². The van der Waals surface area contributed by atoms with Gasteiger partial charge in [0.2, 0.25) is 11.8 Å². The Kier molecular flexibility index (Phi) is 6.84. The molecule has 0 saturated heterocycles. The Bertz CT molecular complexity index is 1190. The van der Waals surface area contributed by atoms with Crippen molar-refractivity contribution in [3.05, 3.63) is 89.0 Å². The van der Waals surface area contributed by atoms with Gasteiger partial charge in [-0.3, -0.25) is 9.59 Å². The van der Waals surface area contributed by atoms with Gasteiger partial charge in [-0.1, -0.05) is 49.7 Å². The molecule has 7 heteroatoms. The Hall–Kier alpha value is -3.84. The van der Waals surface area contributed by atoms with Gasteiger partial charge in [0.1, 0.15) is 23.5 Å². The van der Waals surface area contributed by atoms with Gasteiger partial charge in [0.15, 0.2) is 0 Å². The van der Waals surface area contributed by atoms with Crippen molar-refractivity contribution in [2.45, 2.75) is 31.7 Å². The molecular weight excluding hydrogens is 432 g/mol. The number of carbonyl (C=O) groups excluding carboxylic acids is 2. The van der Waals surface area contributed by atoms with Crippen LogP contribution in [0.2, 0.25) is 0 Å². The van der Waals surface area contributed by atoms with E-state index in [4.69, 9.17) is 4.74 Å². The molecule has 176 valence electrons. The molecule has 2 amide bonds. The van der Waals surface area contributed by atoms with Crippen LogP contribution >= 0.6 is 0 Å². The topological polar surface area (TPSA) is 108 Å². The number of para-hydroxylation sites is 1. The van der Waals surface area contributed by atoms with Gasteiger partial charge in [-0.15, -0.1) is 0 Å². The maximum atomic E-state index is 13.6. The summed E-state index contributed by atoms with van der Waals surface area (Å²) in [5, 5.41) is 26.0. The fraction of sp³-hybridized carbons (Fsp3) is 0.259. The number of benzene rings is 3. The zero-order chi connectivity index (χ0) is 24.1. The van der Waals surface area contributed by atoms with Crippen LogP contribution in [0.3, 0.4) is 0 Å². The van der Waals surface area contributed by atoms with E-state index in [1.807, 2.05) is 31.2 Å². The van der Waals surface area contributed by atoms with Crippen LogP contribution in [0, 0.1) is 0 Å². The SMILES string of the molecule is CCCCOCC(=O)NCc1cc(C2(c3ccc(O)cc3)C(=O)Nc3ccccc32)ccc1O. The van der Waals surface area contributed by atoms with E-state index >= 15 is 0 Å².